The first-order valence-corrected chi connectivity index (χ1v) is 15.7. The van der Waals surface area contributed by atoms with Gasteiger partial charge in [0, 0.05) is 23.1 Å². The molecule has 3 fully saturated rings. The zero-order chi connectivity index (χ0) is 36.4. The third-order valence-corrected chi connectivity index (χ3v) is 11.6. The minimum atomic E-state index is -2.80. The van der Waals surface area contributed by atoms with Gasteiger partial charge in [0.15, 0.2) is 33.0 Å². The molecule has 1 N–H and O–H groups in total. The van der Waals surface area contributed by atoms with E-state index in [0.29, 0.717) is 0 Å². The van der Waals surface area contributed by atoms with Crippen molar-refractivity contribution in [3.05, 3.63) is 104 Å². The standard InChI is InChI=1S/C32H17Cl3F5N3O7/c33-18-9-13(44)4-5-15(18)20-14-6-7-16-19(28(46)41(27(16)45)11-2-1-3-12(8-11)43(49)50)17(14)10-31(34)29(47)42(30(48)32(20,31)35)26-24(39)22(37)21(36)23(38)25(26)40/h1-6,8-9,16-17,19-20,44H,7,10H2/t16-,17+,19-,20+,31+,32-/m0/s1. The molecule has 50 heavy (non-hydrogen) atoms. The molecule has 10 nitrogen and oxygen atoms in total. The number of amides is 4. The van der Waals surface area contributed by atoms with E-state index in [1.807, 2.05) is 0 Å². The number of benzene rings is 3. The number of hydrogen-bond acceptors (Lipinski definition) is 7. The number of imide groups is 2. The number of halogens is 8. The lowest BCUT2D eigenvalue weighted by Crippen LogP contribution is -2.60. The summed E-state index contributed by atoms with van der Waals surface area (Å²) < 4.78 is 73.1. The highest BCUT2D eigenvalue weighted by Crippen LogP contribution is 2.66. The Morgan fingerprint density at radius 2 is 1.48 bits per heavy atom. The van der Waals surface area contributed by atoms with Crippen LogP contribution in [0.3, 0.4) is 0 Å². The molecule has 6 atom stereocenters. The Hall–Kier alpha value is -4.60. The maximum Gasteiger partial charge on any atom is 0.271 e. The van der Waals surface area contributed by atoms with Gasteiger partial charge < -0.3 is 5.11 Å². The zero-order valence-corrected chi connectivity index (χ0v) is 26.9. The van der Waals surface area contributed by atoms with Crippen molar-refractivity contribution in [1.82, 2.24) is 0 Å². The third-order valence-electron chi connectivity index (χ3n) is 9.82. The number of nitro benzene ring substituents is 1. The lowest BCUT2D eigenvalue weighted by molar-refractivity contribution is -0.384. The number of hydrogen-bond donors (Lipinski definition) is 1. The summed E-state index contributed by atoms with van der Waals surface area (Å²) in [6.07, 6.45) is 0.543. The lowest BCUT2D eigenvalue weighted by Gasteiger charge is -2.50. The van der Waals surface area contributed by atoms with Crippen molar-refractivity contribution in [2.75, 3.05) is 9.80 Å². The Morgan fingerprint density at radius 3 is 2.10 bits per heavy atom. The van der Waals surface area contributed by atoms with Crippen LogP contribution in [0, 0.1) is 57.0 Å². The van der Waals surface area contributed by atoms with E-state index in [4.69, 9.17) is 34.8 Å². The predicted octanol–water partition coefficient (Wildman–Crippen LogP) is 6.42. The summed E-state index contributed by atoms with van der Waals surface area (Å²) in [5.41, 5.74) is -2.43. The number of aromatic hydroxyl groups is 1. The van der Waals surface area contributed by atoms with Crippen LogP contribution in [0.1, 0.15) is 24.3 Å². The molecule has 2 heterocycles. The maximum atomic E-state index is 15.2. The van der Waals surface area contributed by atoms with E-state index < -0.39 is 109 Å². The molecule has 2 aliphatic carbocycles. The summed E-state index contributed by atoms with van der Waals surface area (Å²) in [6.45, 7) is 0. The first kappa shape index (κ1) is 33.9. The normalized spacial score (nSPS) is 28.8. The molecule has 2 aliphatic heterocycles. The van der Waals surface area contributed by atoms with Gasteiger partial charge in [0.25, 0.3) is 17.5 Å². The summed E-state index contributed by atoms with van der Waals surface area (Å²) in [6, 6.07) is 8.08. The van der Waals surface area contributed by atoms with Gasteiger partial charge >= 0.3 is 0 Å². The summed E-state index contributed by atoms with van der Waals surface area (Å²) in [7, 11) is 0. The zero-order valence-electron chi connectivity index (χ0n) is 24.6. The Kier molecular flexibility index (Phi) is 7.59. The number of nitro groups is 1. The van der Waals surface area contributed by atoms with Crippen LogP contribution in [0.15, 0.2) is 54.1 Å². The van der Waals surface area contributed by atoms with Crippen molar-refractivity contribution in [2.24, 2.45) is 17.8 Å². The molecule has 3 aromatic carbocycles. The number of anilines is 2. The van der Waals surface area contributed by atoms with Gasteiger partial charge in [-0.15, -0.1) is 23.2 Å². The number of allylic oxidation sites excluding steroid dienone is 2. The molecule has 7 rings (SSSR count). The molecule has 4 aliphatic rings. The summed E-state index contributed by atoms with van der Waals surface area (Å²) in [5, 5.41) is 21.2. The van der Waals surface area contributed by atoms with Crippen molar-refractivity contribution in [3.8, 4) is 5.75 Å². The van der Waals surface area contributed by atoms with Crippen LogP contribution < -0.4 is 9.80 Å². The van der Waals surface area contributed by atoms with E-state index in [1.165, 1.54) is 24.3 Å². The maximum absolute atomic E-state index is 15.2. The molecule has 0 spiro atoms. The van der Waals surface area contributed by atoms with Crippen molar-refractivity contribution >= 4 is 75.5 Å². The first-order valence-electron chi connectivity index (χ1n) is 14.6. The highest BCUT2D eigenvalue weighted by Gasteiger charge is 2.77. The number of phenolic OH excluding ortho intramolecular Hbond substituents is 1. The summed E-state index contributed by atoms with van der Waals surface area (Å²) in [4.78, 5) is 61.9. The van der Waals surface area contributed by atoms with E-state index in [0.717, 1.165) is 29.2 Å². The van der Waals surface area contributed by atoms with Gasteiger partial charge in [0.05, 0.1) is 22.4 Å². The van der Waals surface area contributed by atoms with E-state index in [1.54, 1.807) is 0 Å². The molecular weight excluding hydrogens is 740 g/mol. The second kappa shape index (κ2) is 11.2. The third kappa shape index (κ3) is 4.26. The van der Waals surface area contributed by atoms with Gasteiger partial charge in [-0.3, -0.25) is 29.3 Å². The number of carbonyl (C=O) groups excluding carboxylic acids is 4. The van der Waals surface area contributed by atoms with Crippen LogP contribution >= 0.6 is 34.8 Å². The van der Waals surface area contributed by atoms with Crippen molar-refractivity contribution in [3.63, 3.8) is 0 Å². The van der Waals surface area contributed by atoms with Crippen LogP contribution in [0.2, 0.25) is 5.02 Å². The van der Waals surface area contributed by atoms with Gasteiger partial charge in [0.2, 0.25) is 17.6 Å². The molecule has 1 saturated carbocycles. The average molecular weight is 757 g/mol. The molecule has 0 unspecified atom stereocenters. The number of alkyl halides is 2. The molecule has 2 saturated heterocycles. The highest BCUT2D eigenvalue weighted by atomic mass is 35.5. The van der Waals surface area contributed by atoms with Crippen molar-refractivity contribution < 1.29 is 51.2 Å². The summed E-state index contributed by atoms with van der Waals surface area (Å²) >= 11 is 20.6. The number of non-ortho nitro benzene ring substituents is 1. The Bertz CT molecular complexity index is 2140. The predicted molar refractivity (Wildman–Crippen MR) is 165 cm³/mol. The van der Waals surface area contributed by atoms with Crippen molar-refractivity contribution in [1.29, 1.82) is 0 Å². The second-order valence-electron chi connectivity index (χ2n) is 12.2. The van der Waals surface area contributed by atoms with E-state index >= 15 is 8.78 Å². The molecule has 3 aromatic rings. The van der Waals surface area contributed by atoms with Gasteiger partial charge in [-0.05, 0) is 42.5 Å². The monoisotopic (exact) mass is 755 g/mol. The molecule has 0 aromatic heterocycles. The first-order chi connectivity index (χ1) is 23.5. The SMILES string of the molecule is O=C1[C@H]2[C@H](CC=C3[C@H]2C[C@@]2(Cl)C(=O)N(c4c(F)c(F)c(F)c(F)c4F)C(=O)[C@@]2(Cl)[C@H]3c2ccc(O)cc2Cl)C(=O)N1c1cccc([N+](=O)[O-])c1. The van der Waals surface area contributed by atoms with Crippen LogP contribution in [0.5, 0.6) is 5.75 Å². The van der Waals surface area contributed by atoms with Crippen LogP contribution in [0.25, 0.3) is 0 Å². The smallest absolute Gasteiger partial charge is 0.271 e. The fraction of sp³-hybridized carbons (Fsp3) is 0.250. The number of fused-ring (bicyclic) bond motifs is 4. The van der Waals surface area contributed by atoms with E-state index in [9.17, 15) is 47.6 Å². The minimum absolute atomic E-state index is 0.0772. The van der Waals surface area contributed by atoms with E-state index in [-0.39, 0.29) is 38.9 Å². The number of phenols is 1. The second-order valence-corrected chi connectivity index (χ2v) is 13.8. The molecule has 18 heteroatoms. The Morgan fingerprint density at radius 1 is 0.840 bits per heavy atom. The molecule has 0 radical (unpaired) electrons. The highest BCUT2D eigenvalue weighted by molar-refractivity contribution is 6.58. The van der Waals surface area contributed by atoms with Gasteiger partial charge in [-0.1, -0.05) is 35.4 Å². The number of carbonyl (C=O) groups is 4. The molecule has 4 amide bonds. The number of rotatable bonds is 4. The average Bonchev–Trinajstić information content (AvgIpc) is 3.41. The summed E-state index contributed by atoms with van der Waals surface area (Å²) in [5.74, 6) is -23.2. The fourth-order valence-corrected chi connectivity index (χ4v) is 8.87. The van der Waals surface area contributed by atoms with Gasteiger partial charge in [-0.2, -0.15) is 0 Å². The molecular formula is C32H17Cl3F5N3O7. The Balaban J connectivity index is 1.43. The fourth-order valence-electron chi connectivity index (χ4n) is 7.66. The van der Waals surface area contributed by atoms with Crippen molar-refractivity contribution in [2.45, 2.75) is 28.5 Å². The number of nitrogens with zero attached hydrogens (tertiary/aromatic N) is 3. The quantitative estimate of drug-likeness (QED) is 0.0474. The lowest BCUT2D eigenvalue weighted by atomic mass is 9.56. The van der Waals surface area contributed by atoms with Crippen LogP contribution in [-0.4, -0.2) is 43.4 Å². The molecule has 258 valence electrons. The Labute approximate surface area is 291 Å². The molecule has 0 bridgehead atoms. The largest absolute Gasteiger partial charge is 0.508 e. The minimum Gasteiger partial charge on any atom is -0.508 e. The van der Waals surface area contributed by atoms with E-state index in [2.05, 4.69) is 0 Å². The van der Waals surface area contributed by atoms with Gasteiger partial charge in [-0.25, -0.2) is 31.8 Å². The topological polar surface area (TPSA) is 138 Å². The van der Waals surface area contributed by atoms with Gasteiger partial charge in [0.1, 0.15) is 11.4 Å². The van der Waals surface area contributed by atoms with Crippen LogP contribution in [0.4, 0.5) is 39.0 Å². The van der Waals surface area contributed by atoms with Crippen LogP contribution in [-0.2, 0) is 19.2 Å².